The van der Waals surface area contributed by atoms with E-state index in [1.54, 1.807) is 6.20 Å². The van der Waals surface area contributed by atoms with Crippen molar-refractivity contribution >= 4 is 22.4 Å². The van der Waals surface area contributed by atoms with Crippen molar-refractivity contribution in [3.63, 3.8) is 0 Å². The van der Waals surface area contributed by atoms with Crippen molar-refractivity contribution in [3.05, 3.63) is 47.5 Å². The van der Waals surface area contributed by atoms with Gasteiger partial charge in [-0.1, -0.05) is 49.4 Å². The number of anilines is 1. The van der Waals surface area contributed by atoms with Crippen molar-refractivity contribution in [2.45, 2.75) is 45.6 Å². The highest BCUT2D eigenvalue weighted by atomic mass is 32.1. The molecular weight excluding hydrogens is 346 g/mol. The zero-order valence-corrected chi connectivity index (χ0v) is 15.7. The number of benzene rings is 1. The van der Waals surface area contributed by atoms with Gasteiger partial charge >= 0.3 is 0 Å². The number of carbonyl (C=O) groups excluding carboxylic acids is 1. The highest BCUT2D eigenvalue weighted by Gasteiger charge is 2.20. The number of imidazole rings is 1. The number of nitrogens with zero attached hydrogens (tertiary/aromatic N) is 4. The van der Waals surface area contributed by atoms with Gasteiger partial charge in [0.1, 0.15) is 16.5 Å². The number of amides is 1. The van der Waals surface area contributed by atoms with E-state index in [-0.39, 0.29) is 5.91 Å². The van der Waals surface area contributed by atoms with Crippen LogP contribution in [0.25, 0.3) is 10.6 Å². The molecule has 0 bridgehead atoms. The lowest BCUT2D eigenvalue weighted by molar-refractivity contribution is 0.101. The summed E-state index contributed by atoms with van der Waals surface area (Å²) < 4.78 is 2.01. The van der Waals surface area contributed by atoms with Crippen LogP contribution in [0.1, 0.15) is 54.5 Å². The number of carbonyl (C=O) groups is 1. The van der Waals surface area contributed by atoms with E-state index in [0.717, 1.165) is 42.2 Å². The highest BCUT2D eigenvalue weighted by molar-refractivity contribution is 7.18. The van der Waals surface area contributed by atoms with Crippen LogP contribution in [0.5, 0.6) is 0 Å². The number of hydrogen-bond acceptors (Lipinski definition) is 5. The Morgan fingerprint density at radius 3 is 2.77 bits per heavy atom. The third-order valence-electron chi connectivity index (χ3n) is 4.67. The average molecular weight is 367 g/mol. The molecule has 134 valence electrons. The van der Waals surface area contributed by atoms with E-state index in [2.05, 4.69) is 58.6 Å². The van der Waals surface area contributed by atoms with Crippen LogP contribution in [0.15, 0.2) is 30.5 Å². The van der Waals surface area contributed by atoms with Gasteiger partial charge in [0.15, 0.2) is 0 Å². The predicted octanol–water partition coefficient (Wildman–Crippen LogP) is 4.11. The van der Waals surface area contributed by atoms with Crippen LogP contribution in [0.4, 0.5) is 5.13 Å². The monoisotopic (exact) mass is 367 g/mol. The number of hydrogen-bond donors (Lipinski definition) is 1. The van der Waals surface area contributed by atoms with Crippen molar-refractivity contribution in [3.8, 4) is 10.6 Å². The van der Waals surface area contributed by atoms with Crippen LogP contribution < -0.4 is 5.32 Å². The molecule has 0 atom stereocenters. The molecule has 26 heavy (non-hydrogen) atoms. The molecule has 6 nitrogen and oxygen atoms in total. The fourth-order valence-corrected chi connectivity index (χ4v) is 3.90. The lowest BCUT2D eigenvalue weighted by atomic mass is 10.0. The van der Waals surface area contributed by atoms with Crippen molar-refractivity contribution < 1.29 is 4.79 Å². The lowest BCUT2D eigenvalue weighted by Crippen LogP contribution is -2.20. The first kappa shape index (κ1) is 16.9. The van der Waals surface area contributed by atoms with Gasteiger partial charge in [-0.3, -0.25) is 10.1 Å². The topological polar surface area (TPSA) is 72.7 Å². The molecule has 0 fully saturated rings. The zero-order valence-electron chi connectivity index (χ0n) is 14.9. The van der Waals surface area contributed by atoms with E-state index in [4.69, 9.17) is 0 Å². The van der Waals surface area contributed by atoms with E-state index >= 15 is 0 Å². The summed E-state index contributed by atoms with van der Waals surface area (Å²) in [6.07, 6.45) is 4.80. The Hall–Kier alpha value is -2.54. The zero-order chi connectivity index (χ0) is 18.1. The summed E-state index contributed by atoms with van der Waals surface area (Å²) >= 11 is 1.38. The maximum absolute atomic E-state index is 12.6. The fourth-order valence-electron chi connectivity index (χ4n) is 3.16. The third kappa shape index (κ3) is 3.26. The van der Waals surface area contributed by atoms with Crippen molar-refractivity contribution in [1.82, 2.24) is 19.7 Å². The van der Waals surface area contributed by atoms with Gasteiger partial charge < -0.3 is 4.57 Å². The van der Waals surface area contributed by atoms with Crippen molar-refractivity contribution in [2.24, 2.45) is 0 Å². The molecule has 0 unspecified atom stereocenters. The van der Waals surface area contributed by atoms with Gasteiger partial charge in [-0.05, 0) is 24.3 Å². The smallest absolute Gasteiger partial charge is 0.275 e. The maximum atomic E-state index is 12.6. The second-order valence-corrected chi connectivity index (χ2v) is 7.79. The SMILES string of the molecule is CC(C)c1ccc(-c2nnc(NC(=O)c3cnc4n3CCCC4)s2)cc1. The number of aromatic nitrogens is 4. The molecule has 0 aliphatic carbocycles. The van der Waals surface area contributed by atoms with E-state index in [1.807, 2.05) is 4.57 Å². The molecule has 7 heteroatoms. The van der Waals surface area contributed by atoms with Gasteiger partial charge in [0.05, 0.1) is 6.20 Å². The Bertz CT molecular complexity index is 926. The molecule has 1 N–H and O–H groups in total. The lowest BCUT2D eigenvalue weighted by Gasteiger charge is -2.15. The Kier molecular flexibility index (Phi) is 4.55. The average Bonchev–Trinajstić information content (AvgIpc) is 3.28. The van der Waals surface area contributed by atoms with Gasteiger partial charge in [-0.25, -0.2) is 4.98 Å². The summed E-state index contributed by atoms with van der Waals surface area (Å²) in [7, 11) is 0. The van der Waals surface area contributed by atoms with Gasteiger partial charge in [-0.15, -0.1) is 10.2 Å². The molecule has 1 aliphatic rings. The molecule has 1 aliphatic heterocycles. The number of aryl methyl sites for hydroxylation is 1. The minimum Gasteiger partial charge on any atom is -0.324 e. The molecule has 0 saturated heterocycles. The van der Waals surface area contributed by atoms with E-state index in [0.29, 0.717) is 16.7 Å². The first-order valence-corrected chi connectivity index (χ1v) is 9.73. The molecule has 4 rings (SSSR count). The minimum absolute atomic E-state index is 0.177. The maximum Gasteiger partial charge on any atom is 0.275 e. The number of rotatable bonds is 4. The normalized spacial score (nSPS) is 13.7. The Balaban J connectivity index is 1.50. The molecular formula is C19H21N5OS. The van der Waals surface area contributed by atoms with Crippen LogP contribution in [0, 0.1) is 0 Å². The van der Waals surface area contributed by atoms with Crippen molar-refractivity contribution in [1.29, 1.82) is 0 Å². The van der Waals surface area contributed by atoms with Crippen molar-refractivity contribution in [2.75, 3.05) is 5.32 Å². The molecule has 0 spiro atoms. The summed E-state index contributed by atoms with van der Waals surface area (Å²) in [5.74, 6) is 1.31. The largest absolute Gasteiger partial charge is 0.324 e. The molecule has 1 amide bonds. The Morgan fingerprint density at radius 2 is 2.00 bits per heavy atom. The first-order chi connectivity index (χ1) is 12.6. The van der Waals surface area contributed by atoms with Gasteiger partial charge in [-0.2, -0.15) is 0 Å². The van der Waals surface area contributed by atoms with Gasteiger partial charge in [0.2, 0.25) is 5.13 Å². The molecule has 2 aromatic heterocycles. The minimum atomic E-state index is -0.177. The highest BCUT2D eigenvalue weighted by Crippen LogP contribution is 2.28. The van der Waals surface area contributed by atoms with E-state index in [1.165, 1.54) is 16.9 Å². The molecule has 0 saturated carbocycles. The van der Waals surface area contributed by atoms with Crippen LogP contribution in [-0.2, 0) is 13.0 Å². The van der Waals surface area contributed by atoms with E-state index < -0.39 is 0 Å². The first-order valence-electron chi connectivity index (χ1n) is 8.91. The van der Waals surface area contributed by atoms with E-state index in [9.17, 15) is 4.79 Å². The molecule has 0 radical (unpaired) electrons. The van der Waals surface area contributed by atoms with Gasteiger partial charge in [0, 0.05) is 18.5 Å². The Morgan fingerprint density at radius 1 is 1.19 bits per heavy atom. The Labute approximate surface area is 156 Å². The second kappa shape index (κ2) is 6.99. The standard InChI is InChI=1S/C19H21N5OS/c1-12(2)13-6-8-14(9-7-13)18-22-23-19(26-18)21-17(25)15-11-20-16-5-3-4-10-24(15)16/h6-9,11-12H,3-5,10H2,1-2H3,(H,21,23,25). The summed E-state index contributed by atoms with van der Waals surface area (Å²) in [5.41, 5.74) is 2.89. The summed E-state index contributed by atoms with van der Waals surface area (Å²) in [6.45, 7) is 5.19. The van der Waals surface area contributed by atoms with Crippen LogP contribution >= 0.6 is 11.3 Å². The summed E-state index contributed by atoms with van der Waals surface area (Å²) in [5, 5.41) is 12.5. The quantitative estimate of drug-likeness (QED) is 0.753. The summed E-state index contributed by atoms with van der Waals surface area (Å²) in [4.78, 5) is 16.9. The third-order valence-corrected chi connectivity index (χ3v) is 5.56. The summed E-state index contributed by atoms with van der Waals surface area (Å²) in [6, 6.07) is 8.32. The fraction of sp³-hybridized carbons (Fsp3) is 0.368. The molecule has 3 aromatic rings. The molecule has 3 heterocycles. The van der Waals surface area contributed by atoms with Crippen LogP contribution in [0.3, 0.4) is 0 Å². The predicted molar refractivity (Wildman–Crippen MR) is 103 cm³/mol. The van der Waals surface area contributed by atoms with Gasteiger partial charge in [0.25, 0.3) is 5.91 Å². The second-order valence-electron chi connectivity index (χ2n) is 6.81. The number of fused-ring (bicyclic) bond motifs is 1. The number of nitrogens with one attached hydrogen (secondary N) is 1. The molecule has 1 aromatic carbocycles. The van der Waals surface area contributed by atoms with Crippen LogP contribution in [-0.4, -0.2) is 25.7 Å². The van der Waals surface area contributed by atoms with Crippen LogP contribution in [0.2, 0.25) is 0 Å².